The van der Waals surface area contributed by atoms with Crippen LogP contribution in [-0.4, -0.2) is 29.0 Å². The van der Waals surface area contributed by atoms with Crippen molar-refractivity contribution in [2.24, 2.45) is 0 Å². The van der Waals surface area contributed by atoms with Gasteiger partial charge in [-0.2, -0.15) is 0 Å². The number of ether oxygens (including phenoxy) is 1. The Bertz CT molecular complexity index is 342. The van der Waals surface area contributed by atoms with Gasteiger partial charge in [0.05, 0.1) is 18.8 Å². The van der Waals surface area contributed by atoms with Gasteiger partial charge in [-0.25, -0.2) is 0 Å². The van der Waals surface area contributed by atoms with Crippen molar-refractivity contribution in [3.63, 3.8) is 0 Å². The van der Waals surface area contributed by atoms with Crippen molar-refractivity contribution in [2.75, 3.05) is 6.61 Å². The van der Waals surface area contributed by atoms with Crippen molar-refractivity contribution < 1.29 is 14.9 Å². The monoisotopic (exact) mass is 320 g/mol. The van der Waals surface area contributed by atoms with E-state index in [-0.39, 0.29) is 12.7 Å². The van der Waals surface area contributed by atoms with E-state index < -0.39 is 12.2 Å². The lowest BCUT2D eigenvalue weighted by Crippen LogP contribution is -2.24. The lowest BCUT2D eigenvalue weighted by atomic mass is 10.1. The maximum atomic E-state index is 9.60. The molecule has 3 nitrogen and oxygen atoms in total. The average molecular weight is 320 g/mol. The zero-order chi connectivity index (χ0) is 10.8. The van der Waals surface area contributed by atoms with Crippen LogP contribution in [-0.2, 0) is 4.74 Å². The maximum Gasteiger partial charge on any atom is 0.107 e. The second kappa shape index (κ2) is 4.78. The molecular weight excluding hydrogens is 307 g/mol. The second-order valence-corrected chi connectivity index (χ2v) is 4.95. The Morgan fingerprint density at radius 1 is 1.47 bits per heavy atom. The SMILES string of the molecule is OC[C@H]1O[C@@H](c2cccc(I)c2)C[C@@H]1O. The number of hydrogen-bond donors (Lipinski definition) is 2. The molecule has 0 aromatic heterocycles. The van der Waals surface area contributed by atoms with Crippen LogP contribution in [0.5, 0.6) is 0 Å². The molecule has 0 radical (unpaired) electrons. The van der Waals surface area contributed by atoms with E-state index in [4.69, 9.17) is 9.84 Å². The molecule has 0 amide bonds. The number of hydrogen-bond acceptors (Lipinski definition) is 3. The van der Waals surface area contributed by atoms with E-state index in [9.17, 15) is 5.11 Å². The van der Waals surface area contributed by atoms with Gasteiger partial charge < -0.3 is 14.9 Å². The number of aliphatic hydroxyl groups excluding tert-OH is 2. The van der Waals surface area contributed by atoms with Gasteiger partial charge in [-0.15, -0.1) is 0 Å². The van der Waals surface area contributed by atoms with Gasteiger partial charge in [-0.3, -0.25) is 0 Å². The van der Waals surface area contributed by atoms with Crippen LogP contribution in [0.1, 0.15) is 18.1 Å². The van der Waals surface area contributed by atoms with Gasteiger partial charge in [0.15, 0.2) is 0 Å². The number of benzene rings is 1. The van der Waals surface area contributed by atoms with E-state index in [0.717, 1.165) is 9.13 Å². The molecule has 15 heavy (non-hydrogen) atoms. The lowest BCUT2D eigenvalue weighted by Gasteiger charge is -2.12. The third-order valence-electron chi connectivity index (χ3n) is 2.62. The van der Waals surface area contributed by atoms with Crippen molar-refractivity contribution in [3.05, 3.63) is 33.4 Å². The lowest BCUT2D eigenvalue weighted by molar-refractivity contribution is -0.0225. The summed E-state index contributed by atoms with van der Waals surface area (Å²) < 4.78 is 6.71. The van der Waals surface area contributed by atoms with E-state index in [1.54, 1.807) is 0 Å². The second-order valence-electron chi connectivity index (χ2n) is 3.70. The molecule has 1 fully saturated rings. The molecule has 1 saturated heterocycles. The quantitative estimate of drug-likeness (QED) is 0.812. The standard InChI is InChI=1S/C11H13IO3/c12-8-3-1-2-7(4-8)10-5-9(14)11(6-13)15-10/h1-4,9-11,13-14H,5-6H2/t9-,10+,11+/m0/s1. The first kappa shape index (κ1) is 11.3. The summed E-state index contributed by atoms with van der Waals surface area (Å²) >= 11 is 2.24. The molecule has 4 heteroatoms. The minimum absolute atomic E-state index is 0.0909. The summed E-state index contributed by atoms with van der Waals surface area (Å²) in [6, 6.07) is 8.01. The van der Waals surface area contributed by atoms with Crippen molar-refractivity contribution in [1.82, 2.24) is 0 Å². The van der Waals surface area contributed by atoms with Crippen molar-refractivity contribution >= 4 is 22.6 Å². The largest absolute Gasteiger partial charge is 0.394 e. The van der Waals surface area contributed by atoms with Crippen LogP contribution < -0.4 is 0 Å². The Morgan fingerprint density at radius 2 is 2.27 bits per heavy atom. The summed E-state index contributed by atoms with van der Waals surface area (Å²) in [4.78, 5) is 0. The normalized spacial score (nSPS) is 30.7. The topological polar surface area (TPSA) is 49.7 Å². The molecule has 1 aliphatic heterocycles. The molecule has 2 N–H and O–H groups in total. The van der Waals surface area contributed by atoms with Gasteiger partial charge in [-0.1, -0.05) is 12.1 Å². The fraction of sp³-hybridized carbons (Fsp3) is 0.455. The van der Waals surface area contributed by atoms with Gasteiger partial charge in [0, 0.05) is 9.99 Å². The zero-order valence-electron chi connectivity index (χ0n) is 8.14. The van der Waals surface area contributed by atoms with Crippen LogP contribution >= 0.6 is 22.6 Å². The molecule has 2 rings (SSSR count). The van der Waals surface area contributed by atoms with Gasteiger partial charge in [0.2, 0.25) is 0 Å². The third kappa shape index (κ3) is 2.50. The highest BCUT2D eigenvalue weighted by molar-refractivity contribution is 14.1. The molecule has 0 saturated carbocycles. The van der Waals surface area contributed by atoms with Crippen LogP contribution in [0.15, 0.2) is 24.3 Å². The molecule has 0 spiro atoms. The maximum absolute atomic E-state index is 9.60. The summed E-state index contributed by atoms with van der Waals surface area (Å²) in [6.45, 7) is -0.123. The first-order valence-electron chi connectivity index (χ1n) is 4.90. The predicted octanol–water partition coefficient (Wildman–Crippen LogP) is 1.47. The summed E-state index contributed by atoms with van der Waals surface area (Å²) in [7, 11) is 0. The fourth-order valence-corrected chi connectivity index (χ4v) is 2.38. The fourth-order valence-electron chi connectivity index (χ4n) is 1.81. The van der Waals surface area contributed by atoms with Gasteiger partial charge in [0.1, 0.15) is 6.10 Å². The Labute approximate surface area is 102 Å². The molecule has 82 valence electrons. The summed E-state index contributed by atoms with van der Waals surface area (Å²) in [5, 5.41) is 18.6. The Morgan fingerprint density at radius 3 is 2.87 bits per heavy atom. The van der Waals surface area contributed by atoms with E-state index in [2.05, 4.69) is 22.6 Å². The number of halogens is 1. The van der Waals surface area contributed by atoms with E-state index in [1.807, 2.05) is 24.3 Å². The molecular formula is C11H13IO3. The molecule has 3 atom stereocenters. The highest BCUT2D eigenvalue weighted by Gasteiger charge is 2.34. The molecule has 1 aromatic rings. The smallest absolute Gasteiger partial charge is 0.107 e. The van der Waals surface area contributed by atoms with Crippen LogP contribution in [0.25, 0.3) is 0 Å². The number of rotatable bonds is 2. The van der Waals surface area contributed by atoms with Gasteiger partial charge in [-0.05, 0) is 40.3 Å². The van der Waals surface area contributed by atoms with Crippen molar-refractivity contribution in [3.8, 4) is 0 Å². The third-order valence-corrected chi connectivity index (χ3v) is 3.30. The Balaban J connectivity index is 2.13. The number of aliphatic hydroxyl groups is 2. The predicted molar refractivity (Wildman–Crippen MR) is 64.5 cm³/mol. The Kier molecular flexibility index (Phi) is 3.60. The minimum Gasteiger partial charge on any atom is -0.394 e. The first-order chi connectivity index (χ1) is 7.20. The van der Waals surface area contributed by atoms with Crippen LogP contribution in [0.2, 0.25) is 0 Å². The van der Waals surface area contributed by atoms with E-state index in [0.29, 0.717) is 6.42 Å². The summed E-state index contributed by atoms with van der Waals surface area (Å²) in [6.07, 6.45) is -0.525. The zero-order valence-corrected chi connectivity index (χ0v) is 10.3. The van der Waals surface area contributed by atoms with Crippen LogP contribution in [0.3, 0.4) is 0 Å². The molecule has 1 aromatic carbocycles. The van der Waals surface area contributed by atoms with Gasteiger partial charge >= 0.3 is 0 Å². The van der Waals surface area contributed by atoms with Crippen molar-refractivity contribution in [2.45, 2.75) is 24.7 Å². The summed E-state index contributed by atoms with van der Waals surface area (Å²) in [5.74, 6) is 0. The molecule has 1 heterocycles. The molecule has 0 bridgehead atoms. The molecule has 1 aliphatic rings. The molecule has 0 aliphatic carbocycles. The van der Waals surface area contributed by atoms with Crippen LogP contribution in [0, 0.1) is 3.57 Å². The highest BCUT2D eigenvalue weighted by Crippen LogP contribution is 2.33. The van der Waals surface area contributed by atoms with Gasteiger partial charge in [0.25, 0.3) is 0 Å². The molecule has 0 unspecified atom stereocenters. The van der Waals surface area contributed by atoms with Crippen LogP contribution in [0.4, 0.5) is 0 Å². The van der Waals surface area contributed by atoms with Crippen molar-refractivity contribution in [1.29, 1.82) is 0 Å². The highest BCUT2D eigenvalue weighted by atomic mass is 127. The minimum atomic E-state index is -0.558. The van der Waals surface area contributed by atoms with E-state index >= 15 is 0 Å². The first-order valence-corrected chi connectivity index (χ1v) is 5.98. The average Bonchev–Trinajstić information content (AvgIpc) is 2.60. The van der Waals surface area contributed by atoms with E-state index in [1.165, 1.54) is 0 Å². The summed E-state index contributed by atoms with van der Waals surface area (Å²) in [5.41, 5.74) is 1.07. The Hall–Kier alpha value is -0.170.